The van der Waals surface area contributed by atoms with Crippen LogP contribution in [0.2, 0.25) is 5.02 Å². The number of sulfonamides is 1. The van der Waals surface area contributed by atoms with Gasteiger partial charge in [-0.15, -0.1) is 12.4 Å². The zero-order valence-electron chi connectivity index (χ0n) is 11.4. The van der Waals surface area contributed by atoms with Gasteiger partial charge in [0.05, 0.1) is 4.90 Å². The Labute approximate surface area is 131 Å². The van der Waals surface area contributed by atoms with Gasteiger partial charge in [-0.05, 0) is 56.5 Å². The lowest BCUT2D eigenvalue weighted by molar-refractivity contribution is 0.376. The number of hydrogen-bond acceptors (Lipinski definition) is 3. The summed E-state index contributed by atoms with van der Waals surface area (Å²) in [5.41, 5.74) is 0.596. The fraction of sp³-hybridized carbons (Fsp3) is 0.538. The standard InChI is InChI=1S/C13H19ClN2O2S.ClH/c1-10-12(14)5-2-6-13(10)19(17,18)16-9-11-4-3-7-15-8-11;/h2,5-6,11,15-16H,3-4,7-9H2,1H3;1H. The molecule has 7 heteroatoms. The van der Waals surface area contributed by atoms with Crippen molar-refractivity contribution in [3.8, 4) is 0 Å². The Balaban J connectivity index is 0.00000200. The van der Waals surface area contributed by atoms with Crippen molar-refractivity contribution in [3.63, 3.8) is 0 Å². The van der Waals surface area contributed by atoms with Crippen molar-refractivity contribution in [2.45, 2.75) is 24.7 Å². The second-order valence-corrected chi connectivity index (χ2v) is 7.07. The van der Waals surface area contributed by atoms with Crippen molar-refractivity contribution in [2.75, 3.05) is 19.6 Å². The van der Waals surface area contributed by atoms with Gasteiger partial charge in [-0.25, -0.2) is 13.1 Å². The highest BCUT2D eigenvalue weighted by molar-refractivity contribution is 7.89. The van der Waals surface area contributed by atoms with E-state index in [2.05, 4.69) is 10.0 Å². The number of nitrogens with one attached hydrogen (secondary N) is 2. The van der Waals surface area contributed by atoms with Crippen LogP contribution in [0.5, 0.6) is 0 Å². The minimum Gasteiger partial charge on any atom is -0.316 e. The number of piperidine rings is 1. The molecule has 1 heterocycles. The summed E-state index contributed by atoms with van der Waals surface area (Å²) in [5, 5.41) is 3.75. The Morgan fingerprint density at radius 3 is 2.85 bits per heavy atom. The first-order chi connectivity index (χ1) is 9.00. The smallest absolute Gasteiger partial charge is 0.240 e. The molecule has 1 atom stereocenters. The van der Waals surface area contributed by atoms with Crippen molar-refractivity contribution < 1.29 is 8.42 Å². The first-order valence-corrected chi connectivity index (χ1v) is 8.32. The lowest BCUT2D eigenvalue weighted by Crippen LogP contribution is -2.38. The average Bonchev–Trinajstić information content (AvgIpc) is 2.41. The highest BCUT2D eigenvalue weighted by atomic mass is 35.5. The zero-order chi connectivity index (χ0) is 13.9. The Bertz CT molecular complexity index is 543. The monoisotopic (exact) mass is 338 g/mol. The Morgan fingerprint density at radius 2 is 2.20 bits per heavy atom. The molecule has 2 rings (SSSR count). The molecule has 1 aromatic rings. The van der Waals surface area contributed by atoms with E-state index in [0.717, 1.165) is 25.9 Å². The first kappa shape index (κ1) is 17.7. The summed E-state index contributed by atoms with van der Waals surface area (Å²) in [6.45, 7) is 4.09. The molecule has 1 aliphatic rings. The fourth-order valence-electron chi connectivity index (χ4n) is 2.28. The Hall–Kier alpha value is -0.330. The van der Waals surface area contributed by atoms with Gasteiger partial charge in [0.25, 0.3) is 0 Å². The van der Waals surface area contributed by atoms with Crippen molar-refractivity contribution in [2.24, 2.45) is 5.92 Å². The third kappa shape index (κ3) is 4.33. The highest BCUT2D eigenvalue weighted by Crippen LogP contribution is 2.22. The van der Waals surface area contributed by atoms with Crippen LogP contribution in [0.3, 0.4) is 0 Å². The summed E-state index contributed by atoms with van der Waals surface area (Å²) in [6.07, 6.45) is 2.16. The van der Waals surface area contributed by atoms with E-state index in [-0.39, 0.29) is 17.3 Å². The van der Waals surface area contributed by atoms with E-state index in [0.29, 0.717) is 23.0 Å². The fourth-order valence-corrected chi connectivity index (χ4v) is 3.89. The maximum absolute atomic E-state index is 12.3. The lowest BCUT2D eigenvalue weighted by Gasteiger charge is -2.23. The van der Waals surface area contributed by atoms with E-state index in [9.17, 15) is 8.42 Å². The minimum absolute atomic E-state index is 0. The van der Waals surface area contributed by atoms with Crippen molar-refractivity contribution in [1.82, 2.24) is 10.0 Å². The van der Waals surface area contributed by atoms with Crippen LogP contribution in [0, 0.1) is 12.8 Å². The van der Waals surface area contributed by atoms with Gasteiger partial charge in [0.2, 0.25) is 10.0 Å². The van der Waals surface area contributed by atoms with Gasteiger partial charge in [0, 0.05) is 11.6 Å². The van der Waals surface area contributed by atoms with E-state index in [4.69, 9.17) is 11.6 Å². The molecule has 1 unspecified atom stereocenters. The molecule has 114 valence electrons. The van der Waals surface area contributed by atoms with E-state index < -0.39 is 10.0 Å². The van der Waals surface area contributed by atoms with Gasteiger partial charge in [-0.2, -0.15) is 0 Å². The number of rotatable bonds is 4. The Morgan fingerprint density at radius 1 is 1.45 bits per heavy atom. The maximum Gasteiger partial charge on any atom is 0.240 e. The SMILES string of the molecule is Cc1c(Cl)cccc1S(=O)(=O)NCC1CCCNC1.Cl. The van der Waals surface area contributed by atoms with Crippen LogP contribution < -0.4 is 10.0 Å². The molecule has 1 aliphatic heterocycles. The van der Waals surface area contributed by atoms with Gasteiger partial charge in [0.1, 0.15) is 0 Å². The molecule has 0 radical (unpaired) electrons. The summed E-state index contributed by atoms with van der Waals surface area (Å²) < 4.78 is 27.2. The van der Waals surface area contributed by atoms with Crippen molar-refractivity contribution in [3.05, 3.63) is 28.8 Å². The van der Waals surface area contributed by atoms with Crippen molar-refractivity contribution in [1.29, 1.82) is 0 Å². The molecular formula is C13H20Cl2N2O2S. The molecule has 0 saturated carbocycles. The second kappa shape index (κ2) is 7.61. The maximum atomic E-state index is 12.3. The zero-order valence-corrected chi connectivity index (χ0v) is 13.7. The topological polar surface area (TPSA) is 58.2 Å². The summed E-state index contributed by atoms with van der Waals surface area (Å²) in [5.74, 6) is 0.364. The molecule has 1 saturated heterocycles. The van der Waals surface area contributed by atoms with E-state index in [1.807, 2.05) is 0 Å². The summed E-state index contributed by atoms with van der Waals surface area (Å²) in [7, 11) is -3.48. The molecule has 20 heavy (non-hydrogen) atoms. The van der Waals surface area contributed by atoms with Crippen molar-refractivity contribution >= 4 is 34.0 Å². The van der Waals surface area contributed by atoms with Gasteiger partial charge >= 0.3 is 0 Å². The number of halogens is 2. The minimum atomic E-state index is -3.48. The predicted octanol–water partition coefficient (Wildman–Crippen LogP) is 2.35. The predicted molar refractivity (Wildman–Crippen MR) is 84.2 cm³/mol. The molecule has 0 amide bonds. The number of hydrogen-bond donors (Lipinski definition) is 2. The Kier molecular flexibility index (Phi) is 6.75. The van der Waals surface area contributed by atoms with Gasteiger partial charge in [-0.1, -0.05) is 17.7 Å². The largest absolute Gasteiger partial charge is 0.316 e. The van der Waals surface area contributed by atoms with Crippen LogP contribution >= 0.6 is 24.0 Å². The van der Waals surface area contributed by atoms with Crippen LogP contribution in [0.25, 0.3) is 0 Å². The third-order valence-electron chi connectivity index (χ3n) is 3.47. The van der Waals surface area contributed by atoms with Gasteiger partial charge in [-0.3, -0.25) is 0 Å². The molecule has 2 N–H and O–H groups in total. The molecular weight excluding hydrogens is 319 g/mol. The molecule has 0 aliphatic carbocycles. The first-order valence-electron chi connectivity index (χ1n) is 6.46. The molecule has 1 fully saturated rings. The van der Waals surface area contributed by atoms with Gasteiger partial charge < -0.3 is 5.32 Å². The van der Waals surface area contributed by atoms with E-state index in [1.54, 1.807) is 25.1 Å². The van der Waals surface area contributed by atoms with Gasteiger partial charge in [0.15, 0.2) is 0 Å². The molecule has 1 aromatic carbocycles. The highest BCUT2D eigenvalue weighted by Gasteiger charge is 2.20. The van der Waals surface area contributed by atoms with E-state index in [1.165, 1.54) is 0 Å². The normalized spacial score (nSPS) is 19.4. The van der Waals surface area contributed by atoms with E-state index >= 15 is 0 Å². The summed E-state index contributed by atoms with van der Waals surface area (Å²) >= 11 is 5.97. The quantitative estimate of drug-likeness (QED) is 0.885. The van der Waals surface area contributed by atoms with Crippen LogP contribution in [-0.4, -0.2) is 28.1 Å². The van der Waals surface area contributed by atoms with Crippen LogP contribution in [0.4, 0.5) is 0 Å². The summed E-state index contributed by atoms with van der Waals surface area (Å²) in [6, 6.07) is 4.94. The van der Waals surface area contributed by atoms with Crippen LogP contribution in [0.1, 0.15) is 18.4 Å². The van der Waals surface area contributed by atoms with Crippen LogP contribution in [0.15, 0.2) is 23.1 Å². The third-order valence-corrected chi connectivity index (χ3v) is 5.45. The molecule has 0 bridgehead atoms. The van der Waals surface area contributed by atoms with Crippen LogP contribution in [-0.2, 0) is 10.0 Å². The molecule has 0 aromatic heterocycles. The lowest BCUT2D eigenvalue weighted by atomic mass is 10.0. The summed E-state index contributed by atoms with van der Waals surface area (Å²) in [4.78, 5) is 0.267. The average molecular weight is 339 g/mol. The second-order valence-electron chi connectivity index (χ2n) is 4.93. The number of benzene rings is 1. The molecule has 4 nitrogen and oxygen atoms in total. The molecule has 0 spiro atoms.